The zero-order valence-corrected chi connectivity index (χ0v) is 40.3. The highest BCUT2D eigenvalue weighted by Crippen LogP contribution is 2.42. The van der Waals surface area contributed by atoms with Crippen LogP contribution in [-0.2, 0) is 0 Å². The molecule has 0 atom stereocenters. The van der Waals surface area contributed by atoms with E-state index < -0.39 is 0 Å². The van der Waals surface area contributed by atoms with Crippen molar-refractivity contribution in [1.29, 1.82) is 0 Å². The molecule has 0 aliphatic rings. The summed E-state index contributed by atoms with van der Waals surface area (Å²) in [6.45, 7) is 0. The third kappa shape index (κ3) is 7.48. The number of nitrogens with zero attached hydrogens (tertiary/aromatic N) is 4. The Hall–Kier alpha value is -9.90. The van der Waals surface area contributed by atoms with Crippen LogP contribution in [-0.4, -0.2) is 19.1 Å². The van der Waals surface area contributed by atoms with E-state index in [-0.39, 0.29) is 0 Å². The third-order valence-electron chi connectivity index (χ3n) is 14.6. The Morgan fingerprint density at radius 3 is 0.824 bits per heavy atom. The summed E-state index contributed by atoms with van der Waals surface area (Å²) in [6, 6.07) is 96.2. The first-order valence-corrected chi connectivity index (χ1v) is 25.2. The van der Waals surface area contributed by atoms with Crippen molar-refractivity contribution in [2.24, 2.45) is 0 Å². The predicted octanol–water partition coefficient (Wildman–Crippen LogP) is 18.3. The van der Waals surface area contributed by atoms with Gasteiger partial charge in [-0.05, 0) is 129 Å². The fourth-order valence-electron chi connectivity index (χ4n) is 11.1. The second-order valence-electron chi connectivity index (χ2n) is 19.0. The number of benzene rings is 10. The van der Waals surface area contributed by atoms with E-state index in [4.69, 9.17) is 9.97 Å². The van der Waals surface area contributed by atoms with Crippen molar-refractivity contribution in [3.8, 4) is 89.5 Å². The molecule has 0 radical (unpaired) electrons. The van der Waals surface area contributed by atoms with Gasteiger partial charge in [-0.2, -0.15) is 0 Å². The van der Waals surface area contributed by atoms with Gasteiger partial charge in [-0.3, -0.25) is 9.97 Å². The molecule has 0 fully saturated rings. The normalized spacial score (nSPS) is 11.5. The standard InChI is InChI=1S/C70H46N4/c1-5-17-47(18-6-1)51-31-35-65-61(43-51)62-44-52(48-19-7-2-8-20-48)32-36-66(62)73(65)57-27-13-25-55(41-57)69-59(29-15-39-71-69)60-30-16-40-72-70(60)56-26-14-28-58(42-56)74-67-37-33-53(49-21-9-3-10-22-49)45-63(67)64-46-54(34-38-68(64)74)50-23-11-4-12-24-50/h1-46H. The van der Waals surface area contributed by atoms with Crippen LogP contribution >= 0.6 is 0 Å². The Kier molecular flexibility index (Phi) is 10.5. The van der Waals surface area contributed by atoms with Crippen molar-refractivity contribution in [2.75, 3.05) is 0 Å². The van der Waals surface area contributed by atoms with Crippen LogP contribution < -0.4 is 0 Å². The Balaban J connectivity index is 0.885. The van der Waals surface area contributed by atoms with E-state index in [2.05, 4.69) is 264 Å². The van der Waals surface area contributed by atoms with Gasteiger partial charge in [0.05, 0.1) is 33.5 Å². The van der Waals surface area contributed by atoms with E-state index in [1.54, 1.807) is 0 Å². The molecule has 0 spiro atoms. The van der Waals surface area contributed by atoms with E-state index in [0.29, 0.717) is 0 Å². The molecule has 0 saturated carbocycles. The molecule has 0 unspecified atom stereocenters. The molecule has 0 amide bonds. The summed E-state index contributed by atoms with van der Waals surface area (Å²) < 4.78 is 4.81. The van der Waals surface area contributed by atoms with Crippen molar-refractivity contribution in [3.63, 3.8) is 0 Å². The quantitative estimate of drug-likeness (QED) is 0.145. The van der Waals surface area contributed by atoms with Crippen molar-refractivity contribution < 1.29 is 0 Å². The second kappa shape index (κ2) is 18.1. The molecule has 14 aromatic rings. The molecule has 4 heteroatoms. The van der Waals surface area contributed by atoms with Gasteiger partial charge in [0.2, 0.25) is 0 Å². The highest BCUT2D eigenvalue weighted by molar-refractivity contribution is 6.13. The van der Waals surface area contributed by atoms with Crippen molar-refractivity contribution in [1.82, 2.24) is 19.1 Å². The van der Waals surface area contributed by atoms with Gasteiger partial charge in [-0.1, -0.05) is 182 Å². The van der Waals surface area contributed by atoms with Crippen molar-refractivity contribution in [3.05, 3.63) is 279 Å². The predicted molar refractivity (Wildman–Crippen MR) is 309 cm³/mol. The number of aromatic nitrogens is 4. The largest absolute Gasteiger partial charge is 0.309 e. The lowest BCUT2D eigenvalue weighted by Crippen LogP contribution is -1.98. The molecule has 4 nitrogen and oxygen atoms in total. The molecular formula is C70H46N4. The minimum atomic E-state index is 0.893. The minimum Gasteiger partial charge on any atom is -0.309 e. The third-order valence-corrected chi connectivity index (χ3v) is 14.6. The van der Waals surface area contributed by atoms with E-state index in [9.17, 15) is 0 Å². The summed E-state index contributed by atoms with van der Waals surface area (Å²) in [5.74, 6) is 0. The lowest BCUT2D eigenvalue weighted by Gasteiger charge is -2.15. The maximum Gasteiger partial charge on any atom is 0.0781 e. The molecule has 10 aromatic carbocycles. The summed E-state index contributed by atoms with van der Waals surface area (Å²) in [6.07, 6.45) is 3.79. The zero-order valence-electron chi connectivity index (χ0n) is 40.3. The van der Waals surface area contributed by atoms with Crippen molar-refractivity contribution >= 4 is 43.6 Å². The van der Waals surface area contributed by atoms with Crippen LogP contribution in [0.1, 0.15) is 0 Å². The number of fused-ring (bicyclic) bond motifs is 6. The van der Waals surface area contributed by atoms with Crippen LogP contribution in [0.4, 0.5) is 0 Å². The fourth-order valence-corrected chi connectivity index (χ4v) is 11.1. The van der Waals surface area contributed by atoms with Gasteiger partial charge in [0.25, 0.3) is 0 Å². The Morgan fingerprint density at radius 2 is 0.514 bits per heavy atom. The molecule has 346 valence electrons. The number of hydrogen-bond acceptors (Lipinski definition) is 2. The molecule has 4 heterocycles. The molecule has 4 aromatic heterocycles. The van der Waals surface area contributed by atoms with E-state index in [1.165, 1.54) is 66.1 Å². The number of hydrogen-bond donors (Lipinski definition) is 0. The van der Waals surface area contributed by atoms with Gasteiger partial charge in [-0.25, -0.2) is 0 Å². The van der Waals surface area contributed by atoms with Gasteiger partial charge >= 0.3 is 0 Å². The monoisotopic (exact) mass is 942 g/mol. The first-order valence-electron chi connectivity index (χ1n) is 25.2. The van der Waals surface area contributed by atoms with Gasteiger partial charge in [0, 0.05) is 67.6 Å². The Morgan fingerprint density at radius 1 is 0.216 bits per heavy atom. The number of pyridine rings is 2. The van der Waals surface area contributed by atoms with Gasteiger partial charge in [-0.15, -0.1) is 0 Å². The van der Waals surface area contributed by atoms with Crippen LogP contribution in [0.15, 0.2) is 279 Å². The molecule has 0 aliphatic carbocycles. The topological polar surface area (TPSA) is 35.6 Å². The minimum absolute atomic E-state index is 0.893. The molecule has 0 saturated heterocycles. The summed E-state index contributed by atoms with van der Waals surface area (Å²) in [5.41, 5.74) is 22.1. The highest BCUT2D eigenvalue weighted by Gasteiger charge is 2.20. The lowest BCUT2D eigenvalue weighted by atomic mass is 9.95. The first kappa shape index (κ1) is 42.9. The smallest absolute Gasteiger partial charge is 0.0781 e. The summed E-state index contributed by atoms with van der Waals surface area (Å²) in [5, 5.41) is 4.83. The zero-order chi connectivity index (χ0) is 49.0. The maximum atomic E-state index is 5.14. The van der Waals surface area contributed by atoms with Crippen LogP contribution in [0, 0.1) is 0 Å². The fraction of sp³-hybridized carbons (Fsp3) is 0. The van der Waals surface area contributed by atoms with Crippen LogP contribution in [0.5, 0.6) is 0 Å². The molecule has 0 aliphatic heterocycles. The molecule has 0 N–H and O–H groups in total. The van der Waals surface area contributed by atoms with Crippen LogP contribution in [0.2, 0.25) is 0 Å². The second-order valence-corrected chi connectivity index (χ2v) is 19.0. The molecular weight excluding hydrogens is 897 g/mol. The average molecular weight is 943 g/mol. The Labute approximate surface area is 429 Å². The highest BCUT2D eigenvalue weighted by atomic mass is 15.0. The van der Waals surface area contributed by atoms with Gasteiger partial charge in [0.1, 0.15) is 0 Å². The molecule has 14 rings (SSSR count). The van der Waals surface area contributed by atoms with E-state index in [0.717, 1.165) is 67.1 Å². The Bertz CT molecular complexity index is 3920. The summed E-state index contributed by atoms with van der Waals surface area (Å²) in [4.78, 5) is 10.3. The number of rotatable bonds is 9. The van der Waals surface area contributed by atoms with Gasteiger partial charge in [0.15, 0.2) is 0 Å². The van der Waals surface area contributed by atoms with E-state index in [1.807, 2.05) is 24.5 Å². The summed E-state index contributed by atoms with van der Waals surface area (Å²) in [7, 11) is 0. The molecule has 0 bridgehead atoms. The van der Waals surface area contributed by atoms with Crippen LogP contribution in [0.3, 0.4) is 0 Å². The van der Waals surface area contributed by atoms with E-state index >= 15 is 0 Å². The summed E-state index contributed by atoms with van der Waals surface area (Å²) >= 11 is 0. The van der Waals surface area contributed by atoms with Crippen LogP contribution in [0.25, 0.3) is 133 Å². The van der Waals surface area contributed by atoms with Gasteiger partial charge < -0.3 is 9.13 Å². The maximum absolute atomic E-state index is 5.14. The SMILES string of the molecule is c1ccc(-c2ccc3c(c2)c2cc(-c4ccccc4)ccc2n3-c2cccc(-c3ncccc3-c3cccnc3-c3cccc(-n4c5ccc(-c6ccccc6)cc5c5cc(-c6ccccc6)ccc54)c3)c2)cc1. The lowest BCUT2D eigenvalue weighted by molar-refractivity contribution is 1.18. The molecule has 74 heavy (non-hydrogen) atoms. The van der Waals surface area contributed by atoms with Crippen molar-refractivity contribution in [2.45, 2.75) is 0 Å². The first-order chi connectivity index (χ1) is 36.7. The average Bonchev–Trinajstić information content (AvgIpc) is 4.00.